The molecule has 1 rings (SSSR count). The molecule has 0 saturated carbocycles. The lowest BCUT2D eigenvalue weighted by Crippen LogP contribution is -2.35. The third-order valence-corrected chi connectivity index (χ3v) is 3.13. The third kappa shape index (κ3) is 5.91. The van der Waals surface area contributed by atoms with E-state index in [1.165, 1.54) is 5.56 Å². The Morgan fingerprint density at radius 1 is 1.10 bits per heavy atom. The van der Waals surface area contributed by atoms with Gasteiger partial charge >= 0.3 is 0 Å². The van der Waals surface area contributed by atoms with Crippen LogP contribution in [0.2, 0.25) is 0 Å². The summed E-state index contributed by atoms with van der Waals surface area (Å²) in [5.41, 5.74) is 2.56. The van der Waals surface area contributed by atoms with Crippen molar-refractivity contribution in [2.45, 2.75) is 66.5 Å². The minimum Gasteiger partial charge on any atom is -0.357 e. The molecule has 1 heterocycles. The van der Waals surface area contributed by atoms with E-state index in [2.05, 4.69) is 63.9 Å². The number of hydrogen-bond acceptors (Lipinski definition) is 3. The SMILES string of the molecule is CCCN(CCC)c1cc(CNC(C)(C)C)cc(C)n1. The molecule has 1 aromatic rings. The van der Waals surface area contributed by atoms with Crippen molar-refractivity contribution in [2.24, 2.45) is 0 Å². The molecule has 0 bridgehead atoms. The van der Waals surface area contributed by atoms with Gasteiger partial charge < -0.3 is 10.2 Å². The maximum absolute atomic E-state index is 4.71. The van der Waals surface area contributed by atoms with Gasteiger partial charge in [-0.3, -0.25) is 0 Å². The van der Waals surface area contributed by atoms with Gasteiger partial charge in [-0.15, -0.1) is 0 Å². The number of hydrogen-bond donors (Lipinski definition) is 1. The number of rotatable bonds is 7. The highest BCUT2D eigenvalue weighted by Crippen LogP contribution is 2.16. The maximum atomic E-state index is 4.71. The molecular weight excluding hydrogens is 246 g/mol. The highest BCUT2D eigenvalue weighted by Gasteiger charge is 2.11. The van der Waals surface area contributed by atoms with Gasteiger partial charge in [-0.2, -0.15) is 0 Å². The van der Waals surface area contributed by atoms with E-state index in [9.17, 15) is 0 Å². The summed E-state index contributed by atoms with van der Waals surface area (Å²) in [5.74, 6) is 1.12. The summed E-state index contributed by atoms with van der Waals surface area (Å²) in [5, 5.41) is 3.55. The smallest absolute Gasteiger partial charge is 0.129 e. The van der Waals surface area contributed by atoms with E-state index < -0.39 is 0 Å². The molecule has 0 spiro atoms. The van der Waals surface area contributed by atoms with Gasteiger partial charge in [-0.1, -0.05) is 13.8 Å². The van der Waals surface area contributed by atoms with Crippen LogP contribution in [0, 0.1) is 6.92 Å². The molecule has 0 amide bonds. The second-order valence-corrected chi connectivity index (χ2v) is 6.57. The molecule has 0 fully saturated rings. The van der Waals surface area contributed by atoms with Crippen LogP contribution in [0.25, 0.3) is 0 Å². The molecule has 1 aromatic heterocycles. The minimum atomic E-state index is 0.143. The zero-order valence-corrected chi connectivity index (χ0v) is 14.1. The number of nitrogens with zero attached hydrogens (tertiary/aromatic N) is 2. The Morgan fingerprint density at radius 2 is 1.70 bits per heavy atom. The molecule has 0 aliphatic carbocycles. The Hall–Kier alpha value is -1.09. The summed E-state index contributed by atoms with van der Waals surface area (Å²) in [6.45, 7) is 16.2. The Labute approximate surface area is 124 Å². The molecule has 0 saturated heterocycles. The van der Waals surface area contributed by atoms with Crippen LogP contribution in [0.1, 0.15) is 58.7 Å². The second kappa shape index (κ2) is 7.63. The lowest BCUT2D eigenvalue weighted by atomic mass is 10.1. The predicted octanol–water partition coefficient (Wildman–Crippen LogP) is 3.90. The van der Waals surface area contributed by atoms with Crippen molar-refractivity contribution in [1.82, 2.24) is 10.3 Å². The summed E-state index contributed by atoms with van der Waals surface area (Å²) in [6.07, 6.45) is 2.32. The van der Waals surface area contributed by atoms with Crippen LogP contribution < -0.4 is 10.2 Å². The van der Waals surface area contributed by atoms with Gasteiger partial charge in [0.25, 0.3) is 0 Å². The molecule has 0 aromatic carbocycles. The van der Waals surface area contributed by atoms with Gasteiger partial charge in [0.05, 0.1) is 0 Å². The quantitative estimate of drug-likeness (QED) is 0.819. The summed E-state index contributed by atoms with van der Waals surface area (Å²) in [4.78, 5) is 7.11. The van der Waals surface area contributed by atoms with Crippen molar-refractivity contribution in [3.63, 3.8) is 0 Å². The molecule has 1 N–H and O–H groups in total. The van der Waals surface area contributed by atoms with Gasteiger partial charge in [0, 0.05) is 30.9 Å². The molecule has 20 heavy (non-hydrogen) atoms. The molecule has 0 aliphatic heterocycles. The van der Waals surface area contributed by atoms with Crippen LogP contribution in [0.5, 0.6) is 0 Å². The standard InChI is InChI=1S/C17H31N3/c1-7-9-20(10-8-2)16-12-15(11-14(3)19-16)13-18-17(4,5)6/h11-12,18H,7-10,13H2,1-6H3. The van der Waals surface area contributed by atoms with Crippen molar-refractivity contribution in [1.29, 1.82) is 0 Å². The molecule has 3 heteroatoms. The maximum Gasteiger partial charge on any atom is 0.129 e. The Morgan fingerprint density at radius 3 is 2.20 bits per heavy atom. The van der Waals surface area contributed by atoms with Crippen molar-refractivity contribution >= 4 is 5.82 Å². The molecule has 0 aliphatic rings. The zero-order chi connectivity index (χ0) is 15.2. The van der Waals surface area contributed by atoms with Crippen LogP contribution >= 0.6 is 0 Å². The normalized spacial score (nSPS) is 11.7. The predicted molar refractivity (Wildman–Crippen MR) is 88.4 cm³/mol. The largest absolute Gasteiger partial charge is 0.357 e. The van der Waals surface area contributed by atoms with E-state index >= 15 is 0 Å². The fourth-order valence-electron chi connectivity index (χ4n) is 2.23. The van der Waals surface area contributed by atoms with Crippen molar-refractivity contribution < 1.29 is 0 Å². The summed E-state index contributed by atoms with van der Waals surface area (Å²) >= 11 is 0. The van der Waals surface area contributed by atoms with Gasteiger partial charge in [0.1, 0.15) is 5.82 Å². The van der Waals surface area contributed by atoms with Crippen LogP contribution in [0.3, 0.4) is 0 Å². The first-order valence-corrected chi connectivity index (χ1v) is 7.83. The lowest BCUT2D eigenvalue weighted by molar-refractivity contribution is 0.424. The molecule has 0 unspecified atom stereocenters. The van der Waals surface area contributed by atoms with Gasteiger partial charge in [-0.25, -0.2) is 4.98 Å². The second-order valence-electron chi connectivity index (χ2n) is 6.57. The summed E-state index contributed by atoms with van der Waals surface area (Å²) < 4.78 is 0. The highest BCUT2D eigenvalue weighted by atomic mass is 15.2. The molecular formula is C17H31N3. The van der Waals surface area contributed by atoms with E-state index in [-0.39, 0.29) is 5.54 Å². The van der Waals surface area contributed by atoms with Crippen LogP contribution in [-0.4, -0.2) is 23.6 Å². The number of anilines is 1. The molecule has 114 valence electrons. The molecule has 3 nitrogen and oxygen atoms in total. The van der Waals surface area contributed by atoms with Crippen molar-refractivity contribution in [3.8, 4) is 0 Å². The van der Waals surface area contributed by atoms with E-state index in [1.807, 2.05) is 0 Å². The Bertz CT molecular complexity index is 401. The van der Waals surface area contributed by atoms with Crippen LogP contribution in [0.4, 0.5) is 5.82 Å². The number of aromatic nitrogens is 1. The lowest BCUT2D eigenvalue weighted by Gasteiger charge is -2.25. The first kappa shape index (κ1) is 17.0. The summed E-state index contributed by atoms with van der Waals surface area (Å²) in [6, 6.07) is 4.41. The van der Waals surface area contributed by atoms with Crippen LogP contribution in [-0.2, 0) is 6.54 Å². The first-order valence-electron chi connectivity index (χ1n) is 7.83. The van der Waals surface area contributed by atoms with E-state index in [0.29, 0.717) is 0 Å². The van der Waals surface area contributed by atoms with Crippen molar-refractivity contribution in [3.05, 3.63) is 23.4 Å². The number of pyridine rings is 1. The Balaban J connectivity index is 2.88. The van der Waals surface area contributed by atoms with E-state index in [1.54, 1.807) is 0 Å². The third-order valence-electron chi connectivity index (χ3n) is 3.13. The van der Waals surface area contributed by atoms with E-state index in [0.717, 1.165) is 44.0 Å². The number of nitrogens with one attached hydrogen (secondary N) is 1. The monoisotopic (exact) mass is 277 g/mol. The average molecular weight is 277 g/mol. The van der Waals surface area contributed by atoms with Gasteiger partial charge in [0.2, 0.25) is 0 Å². The van der Waals surface area contributed by atoms with Crippen LogP contribution in [0.15, 0.2) is 12.1 Å². The fraction of sp³-hybridized carbons (Fsp3) is 0.706. The average Bonchev–Trinajstić information content (AvgIpc) is 2.35. The fourth-order valence-corrected chi connectivity index (χ4v) is 2.23. The highest BCUT2D eigenvalue weighted by molar-refractivity contribution is 5.42. The topological polar surface area (TPSA) is 28.2 Å². The molecule has 0 atom stereocenters. The Kier molecular flexibility index (Phi) is 6.47. The number of aryl methyl sites for hydroxylation is 1. The van der Waals surface area contributed by atoms with Gasteiger partial charge in [-0.05, 0) is 58.2 Å². The summed E-state index contributed by atoms with van der Waals surface area (Å²) in [7, 11) is 0. The van der Waals surface area contributed by atoms with Gasteiger partial charge in [0.15, 0.2) is 0 Å². The minimum absolute atomic E-state index is 0.143. The van der Waals surface area contributed by atoms with Crippen molar-refractivity contribution in [2.75, 3.05) is 18.0 Å². The first-order chi connectivity index (χ1) is 9.35. The molecule has 0 radical (unpaired) electrons. The zero-order valence-electron chi connectivity index (χ0n) is 14.1. The van der Waals surface area contributed by atoms with E-state index in [4.69, 9.17) is 4.98 Å².